The first-order valence-electron chi connectivity index (χ1n) is 10.4. The van der Waals surface area contributed by atoms with Crippen LogP contribution < -0.4 is 14.8 Å². The van der Waals surface area contributed by atoms with Crippen LogP contribution in [0.3, 0.4) is 0 Å². The number of para-hydroxylation sites is 1. The van der Waals surface area contributed by atoms with Crippen molar-refractivity contribution in [2.75, 3.05) is 32.6 Å². The van der Waals surface area contributed by atoms with Gasteiger partial charge in [-0.15, -0.1) is 0 Å². The molecule has 1 fully saturated rings. The van der Waals surface area contributed by atoms with Crippen LogP contribution in [0.1, 0.15) is 34.5 Å². The van der Waals surface area contributed by atoms with Gasteiger partial charge in [-0.3, -0.25) is 4.79 Å². The number of nitrogens with one attached hydrogen (secondary N) is 2. The van der Waals surface area contributed by atoms with E-state index in [-0.39, 0.29) is 11.9 Å². The lowest BCUT2D eigenvalue weighted by molar-refractivity contribution is 0.0716. The maximum atomic E-state index is 13.4. The number of nitrogens with zero attached hydrogens (tertiary/aromatic N) is 1. The Hall–Kier alpha value is -3.15. The largest absolute Gasteiger partial charge is 0.493 e. The molecule has 2 N–H and O–H groups in total. The molecule has 158 valence electrons. The summed E-state index contributed by atoms with van der Waals surface area (Å²) < 4.78 is 10.7. The number of carbonyl (C=O) groups is 1. The van der Waals surface area contributed by atoms with Crippen LogP contribution in [0.2, 0.25) is 0 Å². The molecule has 1 aromatic heterocycles. The molecule has 30 heavy (non-hydrogen) atoms. The van der Waals surface area contributed by atoms with Crippen molar-refractivity contribution in [2.45, 2.75) is 32.7 Å². The highest BCUT2D eigenvalue weighted by atomic mass is 16.5. The van der Waals surface area contributed by atoms with Crippen LogP contribution in [0.4, 0.5) is 5.69 Å². The van der Waals surface area contributed by atoms with Crippen LogP contribution in [-0.2, 0) is 0 Å². The zero-order valence-corrected chi connectivity index (χ0v) is 18.0. The number of aromatic amines is 1. The Morgan fingerprint density at radius 3 is 2.70 bits per heavy atom. The predicted molar refractivity (Wildman–Crippen MR) is 120 cm³/mol. The molecule has 4 rings (SSSR count). The number of rotatable bonds is 5. The molecule has 1 saturated heterocycles. The predicted octanol–water partition coefficient (Wildman–Crippen LogP) is 4.52. The number of hydrogen-bond acceptors (Lipinski definition) is 4. The molecule has 6 nitrogen and oxygen atoms in total. The average Bonchev–Trinajstić information content (AvgIpc) is 3.07. The van der Waals surface area contributed by atoms with E-state index in [0.717, 1.165) is 47.2 Å². The van der Waals surface area contributed by atoms with Gasteiger partial charge in [0.1, 0.15) is 0 Å². The zero-order chi connectivity index (χ0) is 21.3. The van der Waals surface area contributed by atoms with Gasteiger partial charge in [0, 0.05) is 42.0 Å². The summed E-state index contributed by atoms with van der Waals surface area (Å²) in [5, 5.41) is 4.68. The summed E-state index contributed by atoms with van der Waals surface area (Å²) in [6.45, 7) is 5.58. The minimum atomic E-state index is 0.0839. The van der Waals surface area contributed by atoms with Crippen LogP contribution >= 0.6 is 0 Å². The smallest absolute Gasteiger partial charge is 0.256 e. The van der Waals surface area contributed by atoms with Gasteiger partial charge in [-0.2, -0.15) is 0 Å². The lowest BCUT2D eigenvalue weighted by Crippen LogP contribution is -2.45. The van der Waals surface area contributed by atoms with E-state index in [0.29, 0.717) is 18.0 Å². The molecule has 1 aliphatic heterocycles. The molecule has 3 aromatic rings. The quantitative estimate of drug-likeness (QED) is 0.653. The summed E-state index contributed by atoms with van der Waals surface area (Å²) in [5.74, 6) is 1.48. The van der Waals surface area contributed by atoms with E-state index in [1.165, 1.54) is 5.56 Å². The van der Waals surface area contributed by atoms with E-state index >= 15 is 0 Å². The second-order valence-corrected chi connectivity index (χ2v) is 7.91. The number of carbonyl (C=O) groups excluding carboxylic acids is 1. The highest BCUT2D eigenvalue weighted by molar-refractivity contribution is 6.06. The van der Waals surface area contributed by atoms with Gasteiger partial charge in [0.2, 0.25) is 0 Å². The summed E-state index contributed by atoms with van der Waals surface area (Å²) in [5.41, 5.74) is 4.95. The topological polar surface area (TPSA) is 66.6 Å². The van der Waals surface area contributed by atoms with E-state index in [9.17, 15) is 4.79 Å². The number of fused-ring (bicyclic) bond motifs is 1. The molecular formula is C24H29N3O3. The minimum absolute atomic E-state index is 0.0839. The van der Waals surface area contributed by atoms with Gasteiger partial charge in [0.05, 0.1) is 25.3 Å². The van der Waals surface area contributed by atoms with E-state index in [4.69, 9.17) is 9.47 Å². The highest BCUT2D eigenvalue weighted by Crippen LogP contribution is 2.31. The summed E-state index contributed by atoms with van der Waals surface area (Å²) in [6.07, 6.45) is 1.98. The highest BCUT2D eigenvalue weighted by Gasteiger charge is 2.26. The Kier molecular flexibility index (Phi) is 5.57. The number of hydrogen-bond donors (Lipinski definition) is 2. The fourth-order valence-corrected chi connectivity index (χ4v) is 4.27. The molecule has 0 bridgehead atoms. The maximum absolute atomic E-state index is 13.4. The first-order valence-corrected chi connectivity index (χ1v) is 10.4. The number of benzene rings is 2. The van der Waals surface area contributed by atoms with Crippen LogP contribution in [-0.4, -0.2) is 49.1 Å². The van der Waals surface area contributed by atoms with Gasteiger partial charge in [-0.1, -0.05) is 12.1 Å². The van der Waals surface area contributed by atoms with Gasteiger partial charge in [-0.05, 0) is 50.5 Å². The third-order valence-corrected chi connectivity index (χ3v) is 6.04. The van der Waals surface area contributed by atoms with E-state index in [1.807, 2.05) is 42.2 Å². The van der Waals surface area contributed by atoms with Crippen molar-refractivity contribution < 1.29 is 14.3 Å². The summed E-state index contributed by atoms with van der Waals surface area (Å²) in [4.78, 5) is 18.7. The molecule has 0 spiro atoms. The average molecular weight is 408 g/mol. The lowest BCUT2D eigenvalue weighted by atomic mass is 10.0. The standard InChI is InChI=1S/C24H29N3O3/c1-15-16(2)25-23-19(15)8-5-9-20(23)24(28)27-12-6-7-18(14-27)26-17-10-11-21(29-3)22(13-17)30-4/h5,8-11,13,18,25-26H,6-7,12,14H2,1-4H3. The number of H-pyrrole nitrogens is 1. The van der Waals surface area contributed by atoms with Crippen LogP contribution in [0.15, 0.2) is 36.4 Å². The van der Waals surface area contributed by atoms with E-state index < -0.39 is 0 Å². The molecule has 1 amide bonds. The molecular weight excluding hydrogens is 378 g/mol. The molecule has 0 aliphatic carbocycles. The van der Waals surface area contributed by atoms with Crippen molar-refractivity contribution in [3.63, 3.8) is 0 Å². The van der Waals surface area contributed by atoms with Crippen LogP contribution in [0.25, 0.3) is 10.9 Å². The van der Waals surface area contributed by atoms with Crippen molar-refractivity contribution >= 4 is 22.5 Å². The first kappa shape index (κ1) is 20.1. The molecule has 0 saturated carbocycles. The van der Waals surface area contributed by atoms with Crippen molar-refractivity contribution in [2.24, 2.45) is 0 Å². The maximum Gasteiger partial charge on any atom is 0.256 e. The normalized spacial score (nSPS) is 16.5. The van der Waals surface area contributed by atoms with Crippen molar-refractivity contribution in [3.05, 3.63) is 53.2 Å². The number of piperidine rings is 1. The SMILES string of the molecule is COc1ccc(NC2CCCN(C(=O)c3cccc4c(C)c(C)[nH]c34)C2)cc1OC. The Morgan fingerprint density at radius 1 is 1.13 bits per heavy atom. The second kappa shape index (κ2) is 8.30. The number of amides is 1. The number of methoxy groups -OCH3 is 2. The van der Waals surface area contributed by atoms with Gasteiger partial charge in [-0.25, -0.2) is 0 Å². The van der Waals surface area contributed by atoms with Crippen LogP contribution in [0, 0.1) is 13.8 Å². The van der Waals surface area contributed by atoms with Crippen molar-refractivity contribution in [3.8, 4) is 11.5 Å². The summed E-state index contributed by atoms with van der Waals surface area (Å²) >= 11 is 0. The van der Waals surface area contributed by atoms with Gasteiger partial charge in [0.25, 0.3) is 5.91 Å². The number of aryl methyl sites for hydroxylation is 2. The minimum Gasteiger partial charge on any atom is -0.493 e. The van der Waals surface area contributed by atoms with E-state index in [1.54, 1.807) is 14.2 Å². The molecule has 2 heterocycles. The third-order valence-electron chi connectivity index (χ3n) is 6.04. The monoisotopic (exact) mass is 407 g/mol. The number of aromatic nitrogens is 1. The fourth-order valence-electron chi connectivity index (χ4n) is 4.27. The van der Waals surface area contributed by atoms with Gasteiger partial charge in [0.15, 0.2) is 11.5 Å². The Labute approximate surface area is 177 Å². The van der Waals surface area contributed by atoms with Gasteiger partial charge < -0.3 is 24.7 Å². The molecule has 1 unspecified atom stereocenters. The number of likely N-dealkylation sites (tertiary alicyclic amines) is 1. The Bertz CT molecular complexity index is 1070. The number of anilines is 1. The molecule has 6 heteroatoms. The lowest BCUT2D eigenvalue weighted by Gasteiger charge is -2.34. The van der Waals surface area contributed by atoms with Crippen molar-refractivity contribution in [1.29, 1.82) is 0 Å². The van der Waals surface area contributed by atoms with Crippen molar-refractivity contribution in [1.82, 2.24) is 9.88 Å². The molecule has 2 aromatic carbocycles. The summed E-state index contributed by atoms with van der Waals surface area (Å²) in [7, 11) is 3.26. The second-order valence-electron chi connectivity index (χ2n) is 7.91. The van der Waals surface area contributed by atoms with Gasteiger partial charge >= 0.3 is 0 Å². The molecule has 1 aliphatic rings. The first-order chi connectivity index (χ1) is 14.5. The Morgan fingerprint density at radius 2 is 1.93 bits per heavy atom. The summed E-state index contributed by atoms with van der Waals surface area (Å²) in [6, 6.07) is 12.0. The van der Waals surface area contributed by atoms with Crippen LogP contribution in [0.5, 0.6) is 11.5 Å². The fraction of sp³-hybridized carbons (Fsp3) is 0.375. The molecule has 0 radical (unpaired) electrons. The molecule has 1 atom stereocenters. The Balaban J connectivity index is 1.52. The van der Waals surface area contributed by atoms with E-state index in [2.05, 4.69) is 23.3 Å². The zero-order valence-electron chi connectivity index (χ0n) is 18.0. The number of ether oxygens (including phenoxy) is 2. The third kappa shape index (κ3) is 3.70.